The monoisotopic (exact) mass is 436 g/mol. The van der Waals surface area contributed by atoms with Crippen LogP contribution in [0, 0.1) is 0 Å². The first-order chi connectivity index (χ1) is 14.7. The molecule has 1 aliphatic rings. The molecule has 0 saturated heterocycles. The van der Waals surface area contributed by atoms with Gasteiger partial charge in [0.15, 0.2) is 6.61 Å². The van der Waals surface area contributed by atoms with E-state index < -0.39 is 12.6 Å². The molecule has 5 rings (SSSR count). The predicted octanol–water partition coefficient (Wildman–Crippen LogP) is 5.09. The van der Waals surface area contributed by atoms with E-state index in [1.807, 2.05) is 53.2 Å². The third kappa shape index (κ3) is 3.55. The molecular formula is C22H16N2O4S2. The number of esters is 1. The summed E-state index contributed by atoms with van der Waals surface area (Å²) < 4.78 is 10.7. The predicted molar refractivity (Wildman–Crippen MR) is 116 cm³/mol. The molecule has 0 saturated carbocycles. The molecule has 0 N–H and O–H groups in total. The maximum absolute atomic E-state index is 12.9. The Kier molecular flexibility index (Phi) is 4.94. The fourth-order valence-electron chi connectivity index (χ4n) is 3.38. The van der Waals surface area contributed by atoms with Crippen molar-refractivity contribution in [1.29, 1.82) is 0 Å². The van der Waals surface area contributed by atoms with Crippen LogP contribution in [0.15, 0.2) is 74.9 Å². The van der Waals surface area contributed by atoms with Gasteiger partial charge in [0, 0.05) is 16.7 Å². The minimum Gasteiger partial charge on any atom is -0.450 e. The molecule has 0 aliphatic carbocycles. The van der Waals surface area contributed by atoms with Gasteiger partial charge in [-0.3, -0.25) is 4.79 Å². The van der Waals surface area contributed by atoms with Gasteiger partial charge in [-0.25, -0.2) is 9.80 Å². The standard InChI is InChI=1S/C22H16N2O4S2/c25-21(13-27-22(26)18-11-14-5-1-2-6-17(14)28-18)24-16(20-8-4-10-30-20)12-15(23-24)19-7-3-9-29-19/h1-11,16H,12-13H2. The summed E-state index contributed by atoms with van der Waals surface area (Å²) in [4.78, 5) is 27.3. The fraction of sp³-hybridized carbons (Fsp3) is 0.136. The Labute approximate surface area is 180 Å². The lowest BCUT2D eigenvalue weighted by molar-refractivity contribution is -0.136. The smallest absolute Gasteiger partial charge is 0.374 e. The Morgan fingerprint density at radius 2 is 1.93 bits per heavy atom. The van der Waals surface area contributed by atoms with Gasteiger partial charge in [0.05, 0.1) is 16.6 Å². The molecule has 1 aromatic carbocycles. The van der Waals surface area contributed by atoms with E-state index in [1.54, 1.807) is 34.8 Å². The van der Waals surface area contributed by atoms with E-state index in [9.17, 15) is 9.59 Å². The molecule has 0 fully saturated rings. The van der Waals surface area contributed by atoms with Crippen LogP contribution in [-0.4, -0.2) is 29.2 Å². The van der Waals surface area contributed by atoms with E-state index in [0.717, 1.165) is 20.9 Å². The van der Waals surface area contributed by atoms with Crippen LogP contribution in [-0.2, 0) is 9.53 Å². The van der Waals surface area contributed by atoms with Crippen LogP contribution >= 0.6 is 22.7 Å². The van der Waals surface area contributed by atoms with Crippen LogP contribution in [0.3, 0.4) is 0 Å². The van der Waals surface area contributed by atoms with Crippen LogP contribution in [0.2, 0.25) is 0 Å². The first-order valence-electron chi connectivity index (χ1n) is 9.31. The molecule has 0 bridgehead atoms. The van der Waals surface area contributed by atoms with Gasteiger partial charge in [-0.15, -0.1) is 22.7 Å². The molecule has 0 radical (unpaired) electrons. The number of benzene rings is 1. The lowest BCUT2D eigenvalue weighted by Gasteiger charge is -2.20. The Balaban J connectivity index is 1.32. The molecular weight excluding hydrogens is 420 g/mol. The Hall–Kier alpha value is -3.23. The van der Waals surface area contributed by atoms with Crippen molar-refractivity contribution >= 4 is 51.2 Å². The topological polar surface area (TPSA) is 72.1 Å². The number of hydrazone groups is 1. The fourth-order valence-corrected chi connectivity index (χ4v) is 4.91. The van der Waals surface area contributed by atoms with Crippen molar-refractivity contribution in [2.24, 2.45) is 5.10 Å². The molecule has 150 valence electrons. The molecule has 0 spiro atoms. The van der Waals surface area contributed by atoms with Gasteiger partial charge in [0.1, 0.15) is 5.58 Å². The second-order valence-electron chi connectivity index (χ2n) is 6.72. The second kappa shape index (κ2) is 7.89. The Morgan fingerprint density at radius 1 is 1.10 bits per heavy atom. The van der Waals surface area contributed by atoms with Crippen molar-refractivity contribution in [3.63, 3.8) is 0 Å². The number of rotatable bonds is 5. The zero-order valence-corrected chi connectivity index (χ0v) is 17.3. The summed E-state index contributed by atoms with van der Waals surface area (Å²) >= 11 is 3.17. The van der Waals surface area contributed by atoms with E-state index in [2.05, 4.69) is 5.10 Å². The number of para-hydroxylation sites is 1. The lowest BCUT2D eigenvalue weighted by atomic mass is 10.1. The average molecular weight is 437 g/mol. The molecule has 30 heavy (non-hydrogen) atoms. The first kappa shape index (κ1) is 18.8. The highest BCUT2D eigenvalue weighted by Crippen LogP contribution is 2.36. The lowest BCUT2D eigenvalue weighted by Crippen LogP contribution is -2.31. The highest BCUT2D eigenvalue weighted by atomic mass is 32.1. The summed E-state index contributed by atoms with van der Waals surface area (Å²) in [6.07, 6.45) is 0.629. The minimum atomic E-state index is -0.672. The van der Waals surface area contributed by atoms with Crippen LogP contribution in [0.25, 0.3) is 11.0 Å². The summed E-state index contributed by atoms with van der Waals surface area (Å²) in [5.41, 5.74) is 1.46. The molecule has 1 atom stereocenters. The largest absolute Gasteiger partial charge is 0.450 e. The Morgan fingerprint density at radius 3 is 2.70 bits per heavy atom. The van der Waals surface area contributed by atoms with Crippen molar-refractivity contribution in [2.75, 3.05) is 6.61 Å². The quantitative estimate of drug-likeness (QED) is 0.409. The third-order valence-electron chi connectivity index (χ3n) is 4.80. The van der Waals surface area contributed by atoms with Gasteiger partial charge in [0.25, 0.3) is 5.91 Å². The molecule has 4 heterocycles. The summed E-state index contributed by atoms with van der Waals surface area (Å²) in [5, 5.41) is 10.8. The van der Waals surface area contributed by atoms with Crippen LogP contribution in [0.5, 0.6) is 0 Å². The van der Waals surface area contributed by atoms with Crippen molar-refractivity contribution < 1.29 is 18.7 Å². The van der Waals surface area contributed by atoms with Crippen LogP contribution < -0.4 is 0 Å². The molecule has 8 heteroatoms. The summed E-state index contributed by atoms with van der Waals surface area (Å²) in [6.45, 7) is -0.404. The van der Waals surface area contributed by atoms with Gasteiger partial charge in [-0.2, -0.15) is 5.10 Å². The van der Waals surface area contributed by atoms with E-state index in [1.165, 1.54) is 5.01 Å². The van der Waals surface area contributed by atoms with Crippen molar-refractivity contribution in [1.82, 2.24) is 5.01 Å². The normalized spacial score (nSPS) is 16.1. The molecule has 6 nitrogen and oxygen atoms in total. The number of carbonyl (C=O) groups is 2. The third-order valence-corrected chi connectivity index (χ3v) is 6.69. The van der Waals surface area contributed by atoms with E-state index >= 15 is 0 Å². The van der Waals surface area contributed by atoms with Gasteiger partial charge in [-0.1, -0.05) is 30.3 Å². The number of fused-ring (bicyclic) bond motifs is 1. The number of nitrogens with zero attached hydrogens (tertiary/aromatic N) is 2. The highest BCUT2D eigenvalue weighted by molar-refractivity contribution is 7.12. The molecule has 4 aromatic rings. The van der Waals surface area contributed by atoms with E-state index in [-0.39, 0.29) is 17.7 Å². The first-order valence-corrected chi connectivity index (χ1v) is 11.1. The number of thiophene rings is 2. The van der Waals surface area contributed by atoms with E-state index in [0.29, 0.717) is 12.0 Å². The molecule has 3 aromatic heterocycles. The zero-order valence-electron chi connectivity index (χ0n) is 15.7. The highest BCUT2D eigenvalue weighted by Gasteiger charge is 2.34. The number of hydrogen-bond acceptors (Lipinski definition) is 7. The number of amides is 1. The maximum atomic E-state index is 12.9. The van der Waals surface area contributed by atoms with Gasteiger partial charge < -0.3 is 9.15 Å². The van der Waals surface area contributed by atoms with Gasteiger partial charge >= 0.3 is 5.97 Å². The number of furan rings is 1. The minimum absolute atomic E-state index is 0.0722. The van der Waals surface area contributed by atoms with Crippen molar-refractivity contribution in [3.05, 3.63) is 80.9 Å². The van der Waals surface area contributed by atoms with Crippen molar-refractivity contribution in [2.45, 2.75) is 12.5 Å². The zero-order chi connectivity index (χ0) is 20.5. The van der Waals surface area contributed by atoms with Crippen molar-refractivity contribution in [3.8, 4) is 0 Å². The van der Waals surface area contributed by atoms with Crippen LogP contribution in [0.4, 0.5) is 0 Å². The maximum Gasteiger partial charge on any atom is 0.374 e. The summed E-state index contributed by atoms with van der Waals surface area (Å²) in [5.74, 6) is -0.971. The van der Waals surface area contributed by atoms with E-state index in [4.69, 9.17) is 9.15 Å². The molecule has 1 unspecified atom stereocenters. The number of carbonyl (C=O) groups excluding carboxylic acids is 2. The SMILES string of the molecule is O=C(OCC(=O)N1N=C(c2cccs2)CC1c1cccs1)c1cc2ccccc2o1. The second-order valence-corrected chi connectivity index (χ2v) is 8.65. The summed E-state index contributed by atoms with van der Waals surface area (Å²) in [7, 11) is 0. The summed E-state index contributed by atoms with van der Waals surface area (Å²) in [6, 6.07) is 16.6. The molecule has 1 amide bonds. The number of ether oxygens (including phenoxy) is 1. The molecule has 1 aliphatic heterocycles. The van der Waals surface area contributed by atoms with Crippen LogP contribution in [0.1, 0.15) is 32.8 Å². The van der Waals surface area contributed by atoms with Gasteiger partial charge in [-0.05, 0) is 35.0 Å². The Bertz CT molecular complexity index is 1190. The van der Waals surface area contributed by atoms with Gasteiger partial charge in [0.2, 0.25) is 5.76 Å². The number of hydrogen-bond donors (Lipinski definition) is 0. The average Bonchev–Trinajstić information content (AvgIpc) is 3.56.